The summed E-state index contributed by atoms with van der Waals surface area (Å²) in [5.41, 5.74) is 4.30. The number of methoxy groups -OCH3 is 1. The number of esters is 1. The first kappa shape index (κ1) is 23.8. The van der Waals surface area contributed by atoms with Crippen molar-refractivity contribution in [1.82, 2.24) is 10.2 Å². The summed E-state index contributed by atoms with van der Waals surface area (Å²) < 4.78 is 5.14. The number of thioether (sulfide) groups is 1. The summed E-state index contributed by atoms with van der Waals surface area (Å²) in [7, 11) is 1.39. The summed E-state index contributed by atoms with van der Waals surface area (Å²) in [5.74, 6) is -0.437. The normalized spacial score (nSPS) is 17.1. The molecule has 2 aromatic rings. The molecule has 0 radical (unpaired) electrons. The number of amides is 1. The highest BCUT2D eigenvalue weighted by atomic mass is 32.2. The molecule has 1 N–H and O–H groups in total. The maximum absolute atomic E-state index is 12.8. The maximum atomic E-state index is 12.8. The molecule has 0 spiro atoms. The number of ether oxygens (including phenoxy) is 1. The summed E-state index contributed by atoms with van der Waals surface area (Å²) in [5, 5.41) is 5.78. The molecule has 2 aromatic carbocycles. The van der Waals surface area contributed by atoms with Gasteiger partial charge in [0.25, 0.3) is 0 Å². The molecular weight excluding hydrogens is 446 g/mol. The second-order valence-corrected chi connectivity index (χ2v) is 8.96. The molecule has 2 heterocycles. The molecular formula is C27H29N3O3S. The van der Waals surface area contributed by atoms with Crippen LogP contribution in [-0.2, 0) is 20.7 Å². The lowest BCUT2D eigenvalue weighted by molar-refractivity contribution is -0.136. The molecule has 0 aromatic heterocycles. The van der Waals surface area contributed by atoms with Gasteiger partial charge in [-0.2, -0.15) is 0 Å². The number of hydrogen-bond acceptors (Lipinski definition) is 6. The molecule has 0 fully saturated rings. The Bertz CT molecular complexity index is 1130. The Morgan fingerprint density at radius 1 is 1.09 bits per heavy atom. The van der Waals surface area contributed by atoms with Gasteiger partial charge in [-0.1, -0.05) is 79.3 Å². The second-order valence-electron chi connectivity index (χ2n) is 8.13. The van der Waals surface area contributed by atoms with Gasteiger partial charge < -0.3 is 15.0 Å². The van der Waals surface area contributed by atoms with Crippen LogP contribution in [0.25, 0.3) is 0 Å². The molecule has 4 rings (SSSR count). The van der Waals surface area contributed by atoms with Crippen LogP contribution in [-0.4, -0.2) is 35.6 Å². The Hall–Kier alpha value is -3.32. The summed E-state index contributed by atoms with van der Waals surface area (Å²) in [4.78, 5) is 32.4. The quantitative estimate of drug-likeness (QED) is 0.410. The molecule has 176 valence electrons. The monoisotopic (exact) mass is 475 g/mol. The van der Waals surface area contributed by atoms with Crippen molar-refractivity contribution in [3.05, 3.63) is 94.2 Å². The van der Waals surface area contributed by atoms with Crippen LogP contribution >= 0.6 is 11.8 Å². The highest BCUT2D eigenvalue weighted by Gasteiger charge is 2.41. The summed E-state index contributed by atoms with van der Waals surface area (Å²) >= 11 is 1.49. The van der Waals surface area contributed by atoms with E-state index in [9.17, 15) is 9.59 Å². The number of nitrogens with one attached hydrogen (secondary N) is 1. The van der Waals surface area contributed by atoms with Gasteiger partial charge in [0.15, 0.2) is 5.17 Å². The molecule has 0 bridgehead atoms. The van der Waals surface area contributed by atoms with Gasteiger partial charge in [0.05, 0.1) is 30.8 Å². The number of allylic oxidation sites excluding steroid dienone is 1. The van der Waals surface area contributed by atoms with Crippen molar-refractivity contribution in [1.29, 1.82) is 0 Å². The number of carbonyl (C=O) groups is 2. The average molecular weight is 476 g/mol. The number of carbonyl (C=O) groups excluding carboxylic acids is 2. The first-order valence-corrected chi connectivity index (χ1v) is 12.4. The molecule has 2 aliphatic rings. The summed E-state index contributed by atoms with van der Waals surface area (Å²) in [6.45, 7) is 2.60. The maximum Gasteiger partial charge on any atom is 0.338 e. The topological polar surface area (TPSA) is 71.0 Å². The van der Waals surface area contributed by atoms with Crippen LogP contribution < -0.4 is 5.32 Å². The Morgan fingerprint density at radius 2 is 1.79 bits per heavy atom. The van der Waals surface area contributed by atoms with Crippen LogP contribution in [0.5, 0.6) is 0 Å². The van der Waals surface area contributed by atoms with E-state index in [1.165, 1.54) is 24.4 Å². The Morgan fingerprint density at radius 3 is 2.47 bits per heavy atom. The van der Waals surface area contributed by atoms with E-state index in [1.54, 1.807) is 0 Å². The van der Waals surface area contributed by atoms with E-state index in [-0.39, 0.29) is 18.4 Å². The third-order valence-corrected chi connectivity index (χ3v) is 6.78. The lowest BCUT2D eigenvalue weighted by Crippen LogP contribution is -2.38. The molecule has 0 unspecified atom stereocenters. The molecule has 2 aliphatic heterocycles. The van der Waals surface area contributed by atoms with Crippen LogP contribution in [0.4, 0.5) is 0 Å². The molecule has 1 atom stereocenters. The molecule has 6 nitrogen and oxygen atoms in total. The van der Waals surface area contributed by atoms with Gasteiger partial charge in [0, 0.05) is 12.2 Å². The van der Waals surface area contributed by atoms with Gasteiger partial charge in [0.1, 0.15) is 0 Å². The Balaban J connectivity index is 1.49. The van der Waals surface area contributed by atoms with Crippen LogP contribution in [0.2, 0.25) is 0 Å². The first-order valence-electron chi connectivity index (χ1n) is 11.5. The predicted molar refractivity (Wildman–Crippen MR) is 136 cm³/mol. The molecule has 1 amide bonds. The number of rotatable bonds is 9. The Kier molecular flexibility index (Phi) is 7.85. The minimum Gasteiger partial charge on any atom is -0.466 e. The largest absolute Gasteiger partial charge is 0.466 e. The average Bonchev–Trinajstić information content (AvgIpc) is 3.28. The fourth-order valence-electron chi connectivity index (χ4n) is 4.26. The number of aryl methyl sites for hydroxylation is 1. The van der Waals surface area contributed by atoms with Gasteiger partial charge in [-0.05, 0) is 35.8 Å². The predicted octanol–water partition coefficient (Wildman–Crippen LogP) is 4.96. The zero-order valence-electron chi connectivity index (χ0n) is 19.5. The zero-order valence-corrected chi connectivity index (χ0v) is 20.3. The number of benzene rings is 2. The zero-order chi connectivity index (χ0) is 23.9. The number of fused-ring (bicyclic) bond motifs is 1. The number of hydrogen-bond donors (Lipinski definition) is 1. The fourth-order valence-corrected chi connectivity index (χ4v) is 5.19. The lowest BCUT2D eigenvalue weighted by atomic mass is 9.93. The van der Waals surface area contributed by atoms with E-state index in [0.29, 0.717) is 18.5 Å². The third kappa shape index (κ3) is 5.25. The van der Waals surface area contributed by atoms with Crippen LogP contribution in [0.15, 0.2) is 88.0 Å². The van der Waals surface area contributed by atoms with Crippen molar-refractivity contribution in [2.24, 2.45) is 4.99 Å². The van der Waals surface area contributed by atoms with Crippen molar-refractivity contribution in [3.63, 3.8) is 0 Å². The smallest absolute Gasteiger partial charge is 0.338 e. The number of aliphatic imine (C=N–C) groups is 1. The van der Waals surface area contributed by atoms with Gasteiger partial charge in [-0.3, -0.25) is 4.79 Å². The number of nitrogens with zero attached hydrogens (tertiary/aromatic N) is 2. The van der Waals surface area contributed by atoms with E-state index in [4.69, 9.17) is 9.73 Å². The van der Waals surface area contributed by atoms with E-state index in [1.807, 2.05) is 65.8 Å². The standard InChI is InChI=1S/C27H29N3O3S/c1-3-22-24(26(32)33-2)25(20-14-8-5-9-15-20)30-21(18-34-27(30)29-22)17-23(31)28-16-10-13-19-11-6-4-7-12-19/h4-9,11-12,14-15,18,25H,3,10,13,16-17H2,1-2H3,(H,28,31)/t25-/m0/s1. The van der Waals surface area contributed by atoms with Crippen LogP contribution in [0.3, 0.4) is 0 Å². The van der Waals surface area contributed by atoms with Gasteiger partial charge in [-0.15, -0.1) is 0 Å². The van der Waals surface area contributed by atoms with Crippen molar-refractivity contribution in [2.75, 3.05) is 13.7 Å². The van der Waals surface area contributed by atoms with Gasteiger partial charge in [0.2, 0.25) is 5.91 Å². The highest BCUT2D eigenvalue weighted by molar-refractivity contribution is 8.16. The molecule has 0 saturated heterocycles. The van der Waals surface area contributed by atoms with E-state index >= 15 is 0 Å². The second kappa shape index (κ2) is 11.2. The van der Waals surface area contributed by atoms with Gasteiger partial charge in [-0.25, -0.2) is 9.79 Å². The van der Waals surface area contributed by atoms with E-state index in [2.05, 4.69) is 17.4 Å². The Labute approximate surface area is 204 Å². The lowest BCUT2D eigenvalue weighted by Gasteiger charge is -2.36. The third-order valence-electron chi connectivity index (χ3n) is 5.89. The number of amidine groups is 1. The van der Waals surface area contributed by atoms with Crippen molar-refractivity contribution in [2.45, 2.75) is 38.6 Å². The van der Waals surface area contributed by atoms with Crippen molar-refractivity contribution < 1.29 is 14.3 Å². The van der Waals surface area contributed by atoms with E-state index < -0.39 is 5.97 Å². The molecule has 7 heteroatoms. The van der Waals surface area contributed by atoms with E-state index in [0.717, 1.165) is 35.0 Å². The van der Waals surface area contributed by atoms with Crippen molar-refractivity contribution >= 4 is 28.8 Å². The summed E-state index contributed by atoms with van der Waals surface area (Å²) in [6, 6.07) is 19.7. The SMILES string of the molecule is CCC1=C(C(=O)OC)[C@H](c2ccccc2)N2C(CC(=O)NCCCc3ccccc3)=CSC2=N1. The van der Waals surface area contributed by atoms with Gasteiger partial charge >= 0.3 is 5.97 Å². The molecule has 0 aliphatic carbocycles. The molecule has 34 heavy (non-hydrogen) atoms. The first-order chi connectivity index (χ1) is 16.6. The molecule has 0 saturated carbocycles. The fraction of sp³-hybridized carbons (Fsp3) is 0.296. The summed E-state index contributed by atoms with van der Waals surface area (Å²) in [6.07, 6.45) is 2.63. The van der Waals surface area contributed by atoms with Crippen molar-refractivity contribution in [3.8, 4) is 0 Å². The van der Waals surface area contributed by atoms with Crippen LogP contribution in [0.1, 0.15) is 43.4 Å². The highest BCUT2D eigenvalue weighted by Crippen LogP contribution is 2.45. The minimum absolute atomic E-state index is 0.0436. The van der Waals surface area contributed by atoms with Crippen LogP contribution in [0, 0.1) is 0 Å². The minimum atomic E-state index is -0.393.